The predicted octanol–water partition coefficient (Wildman–Crippen LogP) is 3.65. The maximum atomic E-state index is 9.37. The minimum Gasteiger partial charge on any atom is -0.473 e. The summed E-state index contributed by atoms with van der Waals surface area (Å²) in [4.78, 5) is 5.24. The average Bonchev–Trinajstić information content (AvgIpc) is 2.89. The Bertz CT molecular complexity index is 519. The lowest BCUT2D eigenvalue weighted by molar-refractivity contribution is 0.286. The van der Waals surface area contributed by atoms with Crippen molar-refractivity contribution >= 4 is 11.3 Å². The number of ether oxygens (including phenoxy) is 1. The summed E-state index contributed by atoms with van der Waals surface area (Å²) < 4.78 is 5.13. The van der Waals surface area contributed by atoms with Crippen molar-refractivity contribution in [2.75, 3.05) is 7.11 Å². The van der Waals surface area contributed by atoms with Gasteiger partial charge in [0.15, 0.2) is 0 Å². The number of unbranched alkanes of at least 4 members (excludes halogenated alkanes) is 1. The number of aliphatic hydroxyl groups excluding tert-OH is 1. The molecule has 2 rings (SSSR count). The van der Waals surface area contributed by atoms with Gasteiger partial charge < -0.3 is 9.84 Å². The Morgan fingerprint density at radius 2 is 2.00 bits per heavy atom. The van der Waals surface area contributed by atoms with Crippen LogP contribution in [0.2, 0.25) is 0 Å². The Hall–Kier alpha value is -1.39. The third-order valence-corrected chi connectivity index (χ3v) is 4.04. The van der Waals surface area contributed by atoms with E-state index < -0.39 is 0 Å². The first kappa shape index (κ1) is 14.0. The molecule has 0 atom stereocenters. The first-order valence-electron chi connectivity index (χ1n) is 6.52. The van der Waals surface area contributed by atoms with Crippen molar-refractivity contribution in [2.24, 2.45) is 0 Å². The Morgan fingerprint density at radius 3 is 2.58 bits per heavy atom. The van der Waals surface area contributed by atoms with Gasteiger partial charge in [-0.1, -0.05) is 48.9 Å². The number of hydrogen-bond acceptors (Lipinski definition) is 4. The molecule has 3 nitrogen and oxygen atoms in total. The van der Waals surface area contributed by atoms with E-state index >= 15 is 0 Å². The fraction of sp³-hybridized carbons (Fsp3) is 0.400. The minimum absolute atomic E-state index is 0.00601. The molecular formula is C15H19NO2S. The van der Waals surface area contributed by atoms with Crippen LogP contribution in [0.5, 0.6) is 5.19 Å². The van der Waals surface area contributed by atoms with Crippen LogP contribution >= 0.6 is 11.3 Å². The highest BCUT2D eigenvalue weighted by atomic mass is 32.1. The maximum Gasteiger partial charge on any atom is 0.273 e. The molecule has 0 aliphatic carbocycles. The molecule has 0 saturated heterocycles. The normalized spacial score (nSPS) is 10.7. The van der Waals surface area contributed by atoms with Crippen LogP contribution in [-0.4, -0.2) is 17.2 Å². The highest BCUT2D eigenvalue weighted by Crippen LogP contribution is 2.32. The van der Waals surface area contributed by atoms with E-state index in [1.54, 1.807) is 7.11 Å². The van der Waals surface area contributed by atoms with Gasteiger partial charge in [0, 0.05) is 5.56 Å². The largest absolute Gasteiger partial charge is 0.473 e. The van der Waals surface area contributed by atoms with Crippen LogP contribution in [0.1, 0.15) is 30.2 Å². The molecule has 0 amide bonds. The quantitative estimate of drug-likeness (QED) is 0.876. The molecule has 1 aromatic carbocycles. The molecule has 0 saturated carbocycles. The van der Waals surface area contributed by atoms with Gasteiger partial charge in [0.05, 0.1) is 24.3 Å². The standard InChI is InChI=1S/C15H19NO2S/c1-3-4-5-11-6-8-12(9-7-11)14-13(10-17)19-15(16-14)18-2/h6-9,17H,3-5,10H2,1-2H3. The Labute approximate surface area is 117 Å². The fourth-order valence-corrected chi connectivity index (χ4v) is 2.72. The molecule has 4 heteroatoms. The van der Waals surface area contributed by atoms with Crippen LogP contribution in [0.25, 0.3) is 11.3 Å². The molecule has 0 radical (unpaired) electrons. The predicted molar refractivity (Wildman–Crippen MR) is 78.6 cm³/mol. The number of nitrogens with zero attached hydrogens (tertiary/aromatic N) is 1. The Kier molecular flexibility index (Phi) is 4.93. The molecule has 0 unspecified atom stereocenters. The SMILES string of the molecule is CCCCc1ccc(-c2nc(OC)sc2CO)cc1. The average molecular weight is 277 g/mol. The van der Waals surface area contributed by atoms with Crippen LogP contribution in [0.15, 0.2) is 24.3 Å². The van der Waals surface area contributed by atoms with Gasteiger partial charge in [-0.25, -0.2) is 4.98 Å². The number of hydrogen-bond donors (Lipinski definition) is 1. The third kappa shape index (κ3) is 3.33. The zero-order valence-corrected chi connectivity index (χ0v) is 12.2. The van der Waals surface area contributed by atoms with Gasteiger partial charge >= 0.3 is 0 Å². The second-order valence-electron chi connectivity index (χ2n) is 4.41. The first-order valence-corrected chi connectivity index (χ1v) is 7.34. The zero-order valence-electron chi connectivity index (χ0n) is 11.3. The molecule has 102 valence electrons. The molecule has 19 heavy (non-hydrogen) atoms. The number of methoxy groups -OCH3 is 1. The molecule has 0 fully saturated rings. The number of aryl methyl sites for hydroxylation is 1. The topological polar surface area (TPSA) is 42.4 Å². The van der Waals surface area contributed by atoms with Crippen LogP contribution in [0.3, 0.4) is 0 Å². The van der Waals surface area contributed by atoms with E-state index in [2.05, 4.69) is 36.2 Å². The van der Waals surface area contributed by atoms with Gasteiger partial charge in [-0.15, -0.1) is 0 Å². The molecular weight excluding hydrogens is 258 g/mol. The molecule has 1 N–H and O–H groups in total. The lowest BCUT2D eigenvalue weighted by Crippen LogP contribution is -1.88. The van der Waals surface area contributed by atoms with Gasteiger partial charge in [-0.3, -0.25) is 0 Å². The van der Waals surface area contributed by atoms with Gasteiger partial charge in [0.25, 0.3) is 5.19 Å². The second-order valence-corrected chi connectivity index (χ2v) is 5.46. The van der Waals surface area contributed by atoms with Crippen molar-refractivity contribution in [3.05, 3.63) is 34.7 Å². The number of rotatable bonds is 6. The van der Waals surface area contributed by atoms with Gasteiger partial charge in [-0.2, -0.15) is 0 Å². The highest BCUT2D eigenvalue weighted by molar-refractivity contribution is 7.13. The van der Waals surface area contributed by atoms with Crippen molar-refractivity contribution in [3.8, 4) is 16.5 Å². The van der Waals surface area contributed by atoms with Crippen molar-refractivity contribution in [2.45, 2.75) is 32.8 Å². The summed E-state index contributed by atoms with van der Waals surface area (Å²) in [6.45, 7) is 2.19. The summed E-state index contributed by atoms with van der Waals surface area (Å²) in [5.74, 6) is 0. The van der Waals surface area contributed by atoms with Crippen molar-refractivity contribution < 1.29 is 9.84 Å². The summed E-state index contributed by atoms with van der Waals surface area (Å²) >= 11 is 1.39. The van der Waals surface area contributed by atoms with Crippen molar-refractivity contribution in [3.63, 3.8) is 0 Å². The summed E-state index contributed by atoms with van der Waals surface area (Å²) in [5, 5.41) is 9.97. The molecule has 1 heterocycles. The Morgan fingerprint density at radius 1 is 1.26 bits per heavy atom. The highest BCUT2D eigenvalue weighted by Gasteiger charge is 2.12. The van der Waals surface area contributed by atoms with E-state index in [0.717, 1.165) is 22.6 Å². The second kappa shape index (κ2) is 6.68. The lowest BCUT2D eigenvalue weighted by atomic mass is 10.0. The fourth-order valence-electron chi connectivity index (χ4n) is 1.96. The van der Waals surface area contributed by atoms with E-state index in [9.17, 15) is 5.11 Å². The number of benzene rings is 1. The molecule has 0 aliphatic rings. The van der Waals surface area contributed by atoms with E-state index in [4.69, 9.17) is 4.74 Å². The Balaban J connectivity index is 2.23. The van der Waals surface area contributed by atoms with E-state index in [-0.39, 0.29) is 6.61 Å². The van der Waals surface area contributed by atoms with Crippen molar-refractivity contribution in [1.82, 2.24) is 4.98 Å². The molecule has 0 bridgehead atoms. The van der Waals surface area contributed by atoms with Crippen molar-refractivity contribution in [1.29, 1.82) is 0 Å². The van der Waals surface area contributed by atoms with Gasteiger partial charge in [0.2, 0.25) is 0 Å². The summed E-state index contributed by atoms with van der Waals surface area (Å²) in [5.41, 5.74) is 3.20. The van der Waals surface area contributed by atoms with Crippen LogP contribution in [-0.2, 0) is 13.0 Å². The molecule has 0 spiro atoms. The zero-order chi connectivity index (χ0) is 13.7. The minimum atomic E-state index is -0.00601. The van der Waals surface area contributed by atoms with E-state index in [1.165, 1.54) is 29.7 Å². The monoisotopic (exact) mass is 277 g/mol. The summed E-state index contributed by atoms with van der Waals surface area (Å²) in [6.07, 6.45) is 3.54. The maximum absolute atomic E-state index is 9.37. The first-order chi connectivity index (χ1) is 9.28. The van der Waals surface area contributed by atoms with Crippen LogP contribution < -0.4 is 4.74 Å². The number of aromatic nitrogens is 1. The summed E-state index contributed by atoms with van der Waals surface area (Å²) in [7, 11) is 1.59. The third-order valence-electron chi connectivity index (χ3n) is 3.04. The molecule has 0 aliphatic heterocycles. The van der Waals surface area contributed by atoms with Gasteiger partial charge in [0.1, 0.15) is 0 Å². The van der Waals surface area contributed by atoms with E-state index in [0.29, 0.717) is 5.19 Å². The lowest BCUT2D eigenvalue weighted by Gasteiger charge is -2.03. The van der Waals surface area contributed by atoms with Crippen LogP contribution in [0.4, 0.5) is 0 Å². The smallest absolute Gasteiger partial charge is 0.273 e. The number of thiazole rings is 1. The van der Waals surface area contributed by atoms with E-state index in [1.807, 2.05) is 0 Å². The van der Waals surface area contributed by atoms with Gasteiger partial charge in [-0.05, 0) is 18.4 Å². The summed E-state index contributed by atoms with van der Waals surface area (Å²) in [6, 6.07) is 8.41. The number of aliphatic hydroxyl groups is 1. The molecule has 1 aromatic heterocycles. The van der Waals surface area contributed by atoms with Crippen LogP contribution in [0, 0.1) is 0 Å². The molecule has 2 aromatic rings.